The summed E-state index contributed by atoms with van der Waals surface area (Å²) in [6.07, 6.45) is 0. The van der Waals surface area contributed by atoms with E-state index in [0.717, 1.165) is 37.9 Å². The molecule has 226 valence electrons. The normalized spacial score (nSPS) is 12.5. The second-order valence-electron chi connectivity index (χ2n) is 13.0. The molecule has 0 N–H and O–H groups in total. The van der Waals surface area contributed by atoms with Crippen LogP contribution in [-0.2, 0) is 0 Å². The minimum Gasteiger partial charge on any atom is -0.308 e. The predicted octanol–water partition coefficient (Wildman–Crippen LogP) is 11.9. The van der Waals surface area contributed by atoms with Crippen LogP contribution in [-0.4, -0.2) is 18.9 Å². The van der Waals surface area contributed by atoms with Crippen LogP contribution in [0.25, 0.3) is 108 Å². The van der Waals surface area contributed by atoms with Crippen LogP contribution in [0.1, 0.15) is 0 Å². The number of rotatable bonds is 2. The molecule has 12 aromatic rings. The Kier molecular flexibility index (Phi) is 4.83. The maximum Gasteiger partial charge on any atom is 0.235 e. The van der Waals surface area contributed by atoms with E-state index in [1.807, 2.05) is 0 Å². The quantitative estimate of drug-likeness (QED) is 0.188. The van der Waals surface area contributed by atoms with E-state index in [0.29, 0.717) is 5.95 Å². The lowest BCUT2D eigenvalue weighted by Crippen LogP contribution is -2.02. The van der Waals surface area contributed by atoms with Gasteiger partial charge in [-0.3, -0.25) is 4.57 Å². The molecule has 12 rings (SSSR count). The van der Waals surface area contributed by atoms with Crippen molar-refractivity contribution in [3.8, 4) is 17.2 Å². The van der Waals surface area contributed by atoms with Crippen molar-refractivity contribution in [1.82, 2.24) is 18.9 Å². The third kappa shape index (κ3) is 3.27. The van der Waals surface area contributed by atoms with Crippen molar-refractivity contribution in [2.75, 3.05) is 0 Å². The van der Waals surface area contributed by atoms with Gasteiger partial charge >= 0.3 is 0 Å². The molecule has 5 heteroatoms. The zero-order valence-electron chi connectivity index (χ0n) is 26.1. The van der Waals surface area contributed by atoms with Crippen molar-refractivity contribution in [1.29, 1.82) is 0 Å². The van der Waals surface area contributed by atoms with Gasteiger partial charge in [0.25, 0.3) is 0 Å². The third-order valence-corrected chi connectivity index (χ3v) is 11.6. The highest BCUT2D eigenvalue weighted by molar-refractivity contribution is 7.26. The van der Waals surface area contributed by atoms with Gasteiger partial charge in [-0.2, -0.15) is 0 Å². The summed E-state index contributed by atoms with van der Waals surface area (Å²) in [5, 5.41) is 11.1. The summed E-state index contributed by atoms with van der Waals surface area (Å²) in [6, 6.07) is 52.6. The van der Waals surface area contributed by atoms with Crippen LogP contribution in [0.3, 0.4) is 0 Å². The summed E-state index contributed by atoms with van der Waals surface area (Å²) >= 11 is 1.77. The molecule has 0 aliphatic carbocycles. The first-order valence-corrected chi connectivity index (χ1v) is 17.4. The van der Waals surface area contributed by atoms with Gasteiger partial charge in [0, 0.05) is 48.0 Å². The Morgan fingerprint density at radius 1 is 0.469 bits per heavy atom. The standard InChI is InChI=1S/C44H24N4S/c1-2-12-25(13-3-1)40-43-41(30-18-8-11-21-37(30)49-43)46-44(45-40)48-34-20-10-7-17-29(34)38-36(48)24-31-28-16-6-9-19-33(28)47-35-23-27-15-5-4-14-26(27)22-32(35)39(38)42(31)47/h1-24H. The average Bonchev–Trinajstić information content (AvgIpc) is 3.89. The highest BCUT2D eigenvalue weighted by Gasteiger charge is 2.26. The lowest BCUT2D eigenvalue weighted by Gasteiger charge is -2.10. The van der Waals surface area contributed by atoms with Crippen molar-refractivity contribution in [3.63, 3.8) is 0 Å². The number of hydrogen-bond acceptors (Lipinski definition) is 3. The molecule has 7 aromatic carbocycles. The molecule has 49 heavy (non-hydrogen) atoms. The average molecular weight is 641 g/mol. The Morgan fingerprint density at radius 2 is 1.16 bits per heavy atom. The first-order valence-electron chi connectivity index (χ1n) is 16.6. The van der Waals surface area contributed by atoms with E-state index in [2.05, 4.69) is 155 Å². The number of hydrogen-bond donors (Lipinski definition) is 0. The second-order valence-corrected chi connectivity index (χ2v) is 14.0. The van der Waals surface area contributed by atoms with Crippen molar-refractivity contribution in [2.24, 2.45) is 0 Å². The number of para-hydroxylation sites is 2. The van der Waals surface area contributed by atoms with Crippen molar-refractivity contribution < 1.29 is 0 Å². The fourth-order valence-electron chi connectivity index (χ4n) is 8.38. The summed E-state index contributed by atoms with van der Waals surface area (Å²) in [6.45, 7) is 0. The van der Waals surface area contributed by atoms with E-state index < -0.39 is 0 Å². The molecule has 4 nitrogen and oxygen atoms in total. The van der Waals surface area contributed by atoms with Gasteiger partial charge in [-0.15, -0.1) is 11.3 Å². The number of fused-ring (bicyclic) bond motifs is 14. The molecule has 0 bridgehead atoms. The van der Waals surface area contributed by atoms with Gasteiger partial charge in [-0.25, -0.2) is 9.97 Å². The maximum atomic E-state index is 5.45. The Labute approximate surface area is 283 Å². The zero-order valence-corrected chi connectivity index (χ0v) is 26.9. The van der Waals surface area contributed by atoms with Crippen molar-refractivity contribution >= 4 is 102 Å². The van der Waals surface area contributed by atoms with Crippen molar-refractivity contribution in [2.45, 2.75) is 0 Å². The van der Waals surface area contributed by atoms with Crippen LogP contribution < -0.4 is 0 Å². The van der Waals surface area contributed by atoms with Crippen molar-refractivity contribution in [3.05, 3.63) is 146 Å². The highest BCUT2D eigenvalue weighted by atomic mass is 32.1. The molecule has 0 atom stereocenters. The summed E-state index contributed by atoms with van der Waals surface area (Å²) in [5.41, 5.74) is 9.00. The Bertz CT molecular complexity index is 3330. The van der Waals surface area contributed by atoms with E-state index in [-0.39, 0.29) is 0 Å². The third-order valence-electron chi connectivity index (χ3n) is 10.4. The fraction of sp³-hybridized carbons (Fsp3) is 0. The minimum absolute atomic E-state index is 0.688. The maximum absolute atomic E-state index is 5.45. The molecule has 0 radical (unpaired) electrons. The molecule has 0 saturated heterocycles. The Balaban J connectivity index is 1.32. The number of aromatic nitrogens is 4. The molecule has 5 aromatic heterocycles. The summed E-state index contributed by atoms with van der Waals surface area (Å²) in [5.74, 6) is 0.688. The Morgan fingerprint density at radius 3 is 2.02 bits per heavy atom. The number of benzene rings is 7. The summed E-state index contributed by atoms with van der Waals surface area (Å²) < 4.78 is 7.13. The van der Waals surface area contributed by atoms with E-state index in [4.69, 9.17) is 9.97 Å². The lowest BCUT2D eigenvalue weighted by atomic mass is 10.0. The molecule has 5 heterocycles. The van der Waals surface area contributed by atoms with Gasteiger partial charge in [0.15, 0.2) is 0 Å². The van der Waals surface area contributed by atoms with Gasteiger partial charge in [0.1, 0.15) is 0 Å². The van der Waals surface area contributed by atoms with Crippen LogP contribution in [0.2, 0.25) is 0 Å². The molecule has 0 aliphatic rings. The van der Waals surface area contributed by atoms with Crippen LogP contribution in [0.5, 0.6) is 0 Å². The summed E-state index contributed by atoms with van der Waals surface area (Å²) in [4.78, 5) is 10.9. The molecule has 0 unspecified atom stereocenters. The molecular weight excluding hydrogens is 617 g/mol. The molecular formula is C44H24N4S. The molecule has 0 spiro atoms. The van der Waals surface area contributed by atoms with Crippen LogP contribution in [0.4, 0.5) is 0 Å². The SMILES string of the molecule is c1ccc(-c2nc(-n3c4ccccc4c4c5c6cc7ccccc7cc6n6c7ccccc7c(cc43)c56)nc3c2sc2ccccc23)cc1. The Hall–Kier alpha value is -6.30. The van der Waals surface area contributed by atoms with Gasteiger partial charge < -0.3 is 4.40 Å². The molecule has 0 amide bonds. The van der Waals surface area contributed by atoms with Gasteiger partial charge in [-0.1, -0.05) is 109 Å². The topological polar surface area (TPSA) is 35.1 Å². The van der Waals surface area contributed by atoms with E-state index in [1.54, 1.807) is 11.3 Å². The molecule has 0 fully saturated rings. The highest BCUT2D eigenvalue weighted by Crippen LogP contribution is 2.47. The number of thiophene rings is 1. The van der Waals surface area contributed by atoms with E-state index >= 15 is 0 Å². The lowest BCUT2D eigenvalue weighted by molar-refractivity contribution is 1.02. The van der Waals surface area contributed by atoms with Gasteiger partial charge in [0.2, 0.25) is 5.95 Å². The molecule has 0 saturated carbocycles. The monoisotopic (exact) mass is 640 g/mol. The number of nitrogens with zero attached hydrogens (tertiary/aromatic N) is 4. The molecule has 0 aliphatic heterocycles. The first kappa shape index (κ1) is 25.7. The minimum atomic E-state index is 0.688. The van der Waals surface area contributed by atoms with Crippen LogP contribution in [0.15, 0.2) is 146 Å². The first-order chi connectivity index (χ1) is 24.3. The largest absolute Gasteiger partial charge is 0.308 e. The van der Waals surface area contributed by atoms with Gasteiger partial charge in [-0.05, 0) is 47.2 Å². The van der Waals surface area contributed by atoms with Crippen LogP contribution in [0, 0.1) is 0 Å². The second kappa shape index (κ2) is 9.19. The van der Waals surface area contributed by atoms with E-state index in [1.165, 1.54) is 64.3 Å². The smallest absolute Gasteiger partial charge is 0.235 e. The van der Waals surface area contributed by atoms with Crippen LogP contribution >= 0.6 is 11.3 Å². The van der Waals surface area contributed by atoms with Gasteiger partial charge in [0.05, 0.1) is 43.5 Å². The summed E-state index contributed by atoms with van der Waals surface area (Å²) in [7, 11) is 0. The van der Waals surface area contributed by atoms with E-state index in [9.17, 15) is 0 Å². The fourth-order valence-corrected chi connectivity index (χ4v) is 9.54. The zero-order chi connectivity index (χ0) is 31.8. The predicted molar refractivity (Wildman–Crippen MR) is 207 cm³/mol.